The Morgan fingerprint density at radius 2 is 2.04 bits per heavy atom. The molecule has 2 amide bonds. The number of anilines is 1. The van der Waals surface area contributed by atoms with Crippen molar-refractivity contribution in [3.05, 3.63) is 59.9 Å². The molecule has 0 fully saturated rings. The molecule has 0 unspecified atom stereocenters. The SMILES string of the molecule is CCN(CCNC(=O)NCc1ccccn1)c1cccc(C)c1. The van der Waals surface area contributed by atoms with E-state index in [0.717, 1.165) is 18.8 Å². The van der Waals surface area contributed by atoms with E-state index in [1.807, 2.05) is 18.2 Å². The molecule has 5 heteroatoms. The van der Waals surface area contributed by atoms with Crippen LogP contribution < -0.4 is 15.5 Å². The third-order valence-electron chi connectivity index (χ3n) is 3.57. The van der Waals surface area contributed by atoms with Gasteiger partial charge >= 0.3 is 6.03 Å². The second kappa shape index (κ2) is 8.78. The van der Waals surface area contributed by atoms with Crippen molar-refractivity contribution in [2.75, 3.05) is 24.5 Å². The van der Waals surface area contributed by atoms with Gasteiger partial charge in [0.25, 0.3) is 0 Å². The number of pyridine rings is 1. The number of carbonyl (C=O) groups excluding carboxylic acids is 1. The smallest absolute Gasteiger partial charge is 0.315 e. The van der Waals surface area contributed by atoms with E-state index >= 15 is 0 Å². The number of likely N-dealkylation sites (N-methyl/N-ethyl adjacent to an activating group) is 1. The topological polar surface area (TPSA) is 57.3 Å². The first-order valence-electron chi connectivity index (χ1n) is 7.92. The Morgan fingerprint density at radius 1 is 1.17 bits per heavy atom. The highest BCUT2D eigenvalue weighted by molar-refractivity contribution is 5.73. The van der Waals surface area contributed by atoms with Crippen LogP contribution in [0.4, 0.5) is 10.5 Å². The minimum atomic E-state index is -0.170. The summed E-state index contributed by atoms with van der Waals surface area (Å²) < 4.78 is 0. The van der Waals surface area contributed by atoms with Crippen LogP contribution in [0.25, 0.3) is 0 Å². The molecule has 0 radical (unpaired) electrons. The number of aromatic nitrogens is 1. The fourth-order valence-electron chi connectivity index (χ4n) is 2.33. The molecule has 0 aliphatic carbocycles. The zero-order valence-electron chi connectivity index (χ0n) is 13.7. The van der Waals surface area contributed by atoms with Crippen molar-refractivity contribution >= 4 is 11.7 Å². The number of carbonyl (C=O) groups is 1. The number of urea groups is 1. The lowest BCUT2D eigenvalue weighted by Gasteiger charge is -2.23. The lowest BCUT2D eigenvalue weighted by molar-refractivity contribution is 0.240. The second-order valence-electron chi connectivity index (χ2n) is 5.35. The van der Waals surface area contributed by atoms with Crippen LogP contribution in [0, 0.1) is 6.92 Å². The number of hydrogen-bond donors (Lipinski definition) is 2. The zero-order valence-corrected chi connectivity index (χ0v) is 13.7. The molecule has 2 aromatic rings. The molecule has 0 atom stereocenters. The normalized spacial score (nSPS) is 10.2. The summed E-state index contributed by atoms with van der Waals surface area (Å²) in [4.78, 5) is 18.2. The Hall–Kier alpha value is -2.56. The molecule has 0 aliphatic rings. The summed E-state index contributed by atoms with van der Waals surface area (Å²) in [5.74, 6) is 0. The van der Waals surface area contributed by atoms with Gasteiger partial charge in [-0.15, -0.1) is 0 Å². The third kappa shape index (κ3) is 5.62. The van der Waals surface area contributed by atoms with E-state index in [0.29, 0.717) is 13.1 Å². The Labute approximate surface area is 137 Å². The predicted octanol–water partition coefficient (Wildman–Crippen LogP) is 2.72. The molecule has 2 N–H and O–H groups in total. The Bertz CT molecular complexity index is 615. The van der Waals surface area contributed by atoms with E-state index in [2.05, 4.69) is 58.6 Å². The van der Waals surface area contributed by atoms with E-state index in [1.165, 1.54) is 11.3 Å². The number of rotatable bonds is 7. The van der Waals surface area contributed by atoms with Crippen molar-refractivity contribution in [3.63, 3.8) is 0 Å². The van der Waals surface area contributed by atoms with E-state index in [-0.39, 0.29) is 6.03 Å². The quantitative estimate of drug-likeness (QED) is 0.826. The summed E-state index contributed by atoms with van der Waals surface area (Å²) in [7, 11) is 0. The summed E-state index contributed by atoms with van der Waals surface area (Å²) >= 11 is 0. The van der Waals surface area contributed by atoms with Crippen LogP contribution in [-0.2, 0) is 6.54 Å². The van der Waals surface area contributed by atoms with Gasteiger partial charge in [-0.2, -0.15) is 0 Å². The van der Waals surface area contributed by atoms with E-state index in [1.54, 1.807) is 6.20 Å². The zero-order chi connectivity index (χ0) is 16.5. The van der Waals surface area contributed by atoms with Gasteiger partial charge in [0.05, 0.1) is 12.2 Å². The van der Waals surface area contributed by atoms with Gasteiger partial charge < -0.3 is 15.5 Å². The first kappa shape index (κ1) is 16.8. The van der Waals surface area contributed by atoms with Crippen molar-refractivity contribution in [1.29, 1.82) is 0 Å². The van der Waals surface area contributed by atoms with Gasteiger partial charge in [0.2, 0.25) is 0 Å². The highest BCUT2D eigenvalue weighted by atomic mass is 16.2. The minimum absolute atomic E-state index is 0.170. The molecule has 1 aromatic carbocycles. The second-order valence-corrected chi connectivity index (χ2v) is 5.35. The van der Waals surface area contributed by atoms with Crippen molar-refractivity contribution in [1.82, 2.24) is 15.6 Å². The first-order chi connectivity index (χ1) is 11.2. The molecular weight excluding hydrogens is 288 g/mol. The average molecular weight is 312 g/mol. The van der Waals surface area contributed by atoms with Crippen LogP contribution >= 0.6 is 0 Å². The Morgan fingerprint density at radius 3 is 2.74 bits per heavy atom. The maximum absolute atomic E-state index is 11.8. The van der Waals surface area contributed by atoms with Crippen LogP contribution in [-0.4, -0.2) is 30.6 Å². The van der Waals surface area contributed by atoms with Gasteiger partial charge in [0, 0.05) is 31.5 Å². The monoisotopic (exact) mass is 312 g/mol. The van der Waals surface area contributed by atoms with Crippen molar-refractivity contribution < 1.29 is 4.79 Å². The van der Waals surface area contributed by atoms with Crippen molar-refractivity contribution in [2.45, 2.75) is 20.4 Å². The number of nitrogens with one attached hydrogen (secondary N) is 2. The molecule has 23 heavy (non-hydrogen) atoms. The summed E-state index contributed by atoms with van der Waals surface area (Å²) in [6.45, 7) is 6.90. The largest absolute Gasteiger partial charge is 0.370 e. The number of aryl methyl sites for hydroxylation is 1. The fourth-order valence-corrected chi connectivity index (χ4v) is 2.33. The van der Waals surface area contributed by atoms with Gasteiger partial charge in [-0.25, -0.2) is 4.79 Å². The molecular formula is C18H24N4O. The van der Waals surface area contributed by atoms with E-state index in [4.69, 9.17) is 0 Å². The summed E-state index contributed by atoms with van der Waals surface area (Å²) in [5, 5.41) is 5.69. The van der Waals surface area contributed by atoms with Crippen molar-refractivity contribution in [3.8, 4) is 0 Å². The Kier molecular flexibility index (Phi) is 6.41. The maximum atomic E-state index is 11.8. The summed E-state index contributed by atoms with van der Waals surface area (Å²) in [6.07, 6.45) is 1.72. The Balaban J connectivity index is 1.73. The number of nitrogens with zero attached hydrogens (tertiary/aromatic N) is 2. The van der Waals surface area contributed by atoms with Crippen molar-refractivity contribution in [2.24, 2.45) is 0 Å². The predicted molar refractivity (Wildman–Crippen MR) is 93.5 cm³/mol. The molecule has 0 saturated carbocycles. The highest BCUT2D eigenvalue weighted by Crippen LogP contribution is 2.14. The minimum Gasteiger partial charge on any atom is -0.370 e. The standard InChI is InChI=1S/C18H24N4O/c1-3-22(17-9-6-7-15(2)13-17)12-11-20-18(23)21-14-16-8-4-5-10-19-16/h4-10,13H,3,11-12,14H2,1-2H3,(H2,20,21,23). The van der Waals surface area contributed by atoms with Gasteiger partial charge in [0.1, 0.15) is 0 Å². The molecule has 1 aromatic heterocycles. The van der Waals surface area contributed by atoms with Crippen LogP contribution in [0.1, 0.15) is 18.2 Å². The van der Waals surface area contributed by atoms with E-state index in [9.17, 15) is 4.79 Å². The number of amides is 2. The fraction of sp³-hybridized carbons (Fsp3) is 0.333. The van der Waals surface area contributed by atoms with Crippen LogP contribution in [0.5, 0.6) is 0 Å². The molecule has 1 heterocycles. The van der Waals surface area contributed by atoms with Crippen LogP contribution in [0.15, 0.2) is 48.7 Å². The van der Waals surface area contributed by atoms with E-state index < -0.39 is 0 Å². The van der Waals surface area contributed by atoms with Gasteiger partial charge in [0.15, 0.2) is 0 Å². The highest BCUT2D eigenvalue weighted by Gasteiger charge is 2.05. The van der Waals surface area contributed by atoms with Crippen LogP contribution in [0.3, 0.4) is 0 Å². The summed E-state index contributed by atoms with van der Waals surface area (Å²) in [5.41, 5.74) is 3.27. The first-order valence-corrected chi connectivity index (χ1v) is 7.92. The molecule has 0 saturated heterocycles. The van der Waals surface area contributed by atoms with Gasteiger partial charge in [-0.05, 0) is 43.7 Å². The molecule has 0 spiro atoms. The van der Waals surface area contributed by atoms with Gasteiger partial charge in [-0.1, -0.05) is 18.2 Å². The number of benzene rings is 1. The molecule has 2 rings (SSSR count). The average Bonchev–Trinajstić information content (AvgIpc) is 2.58. The lowest BCUT2D eigenvalue weighted by Crippen LogP contribution is -2.40. The molecule has 0 aliphatic heterocycles. The van der Waals surface area contributed by atoms with Crippen LogP contribution in [0.2, 0.25) is 0 Å². The third-order valence-corrected chi connectivity index (χ3v) is 3.57. The lowest BCUT2D eigenvalue weighted by atomic mass is 10.2. The molecule has 122 valence electrons. The molecule has 0 bridgehead atoms. The maximum Gasteiger partial charge on any atom is 0.315 e. The number of hydrogen-bond acceptors (Lipinski definition) is 3. The molecule has 5 nitrogen and oxygen atoms in total. The summed E-state index contributed by atoms with van der Waals surface area (Å²) in [6, 6.07) is 13.9. The van der Waals surface area contributed by atoms with Gasteiger partial charge in [-0.3, -0.25) is 4.98 Å².